The van der Waals surface area contributed by atoms with Gasteiger partial charge < -0.3 is 5.32 Å². The van der Waals surface area contributed by atoms with E-state index in [0.29, 0.717) is 0 Å². The van der Waals surface area contributed by atoms with Crippen LogP contribution in [0.3, 0.4) is 0 Å². The second-order valence-electron chi connectivity index (χ2n) is 4.20. The summed E-state index contributed by atoms with van der Waals surface area (Å²) in [5.41, 5.74) is 3.32. The molecule has 0 unspecified atom stereocenters. The minimum atomic E-state index is 0.801. The number of hydrogen-bond donors (Lipinski definition) is 1. The van der Waals surface area contributed by atoms with Crippen LogP contribution < -0.4 is 5.32 Å². The molecule has 0 saturated heterocycles. The number of imidazole rings is 1. The normalized spacial score (nSPS) is 10.9. The summed E-state index contributed by atoms with van der Waals surface area (Å²) in [6.07, 6.45) is 3.65. The highest BCUT2D eigenvalue weighted by Crippen LogP contribution is 2.19. The van der Waals surface area contributed by atoms with Crippen LogP contribution >= 0.6 is 15.9 Å². The van der Waals surface area contributed by atoms with Crippen molar-refractivity contribution in [2.75, 3.05) is 6.54 Å². The van der Waals surface area contributed by atoms with Gasteiger partial charge in [-0.2, -0.15) is 0 Å². The Morgan fingerprint density at radius 2 is 2.11 bits per heavy atom. The van der Waals surface area contributed by atoms with Gasteiger partial charge in [0.05, 0.1) is 5.69 Å². The highest BCUT2D eigenvalue weighted by atomic mass is 79.9. The third-order valence-electron chi connectivity index (χ3n) is 2.95. The maximum absolute atomic E-state index is 4.51. The summed E-state index contributed by atoms with van der Waals surface area (Å²) in [4.78, 5) is 8.84. The van der Waals surface area contributed by atoms with Gasteiger partial charge in [-0.05, 0) is 42.4 Å². The first-order valence-electron chi connectivity index (χ1n) is 5.99. The largest absolute Gasteiger partial charge is 0.313 e. The Labute approximate surface area is 116 Å². The van der Waals surface area contributed by atoms with Crippen molar-refractivity contribution in [3.05, 3.63) is 40.0 Å². The average Bonchev–Trinajstić information content (AvgIpc) is 2.68. The van der Waals surface area contributed by atoms with E-state index in [0.717, 1.165) is 40.3 Å². The van der Waals surface area contributed by atoms with Crippen LogP contribution in [0.2, 0.25) is 0 Å². The first-order valence-corrected chi connectivity index (χ1v) is 6.78. The molecule has 2 aromatic heterocycles. The van der Waals surface area contributed by atoms with Crippen molar-refractivity contribution < 1.29 is 0 Å². The second-order valence-corrected chi connectivity index (χ2v) is 5.12. The molecule has 0 aliphatic heterocycles. The summed E-state index contributed by atoms with van der Waals surface area (Å²) in [7, 11) is 0. The predicted octanol–water partition coefficient (Wildman–Crippen LogP) is 2.76. The minimum Gasteiger partial charge on any atom is -0.313 e. The Morgan fingerprint density at radius 3 is 2.72 bits per heavy atom. The number of aromatic nitrogens is 3. The SMILES string of the molecule is CCNCc1cc(Br)cnc1-n1cnc(C)c1C. The lowest BCUT2D eigenvalue weighted by molar-refractivity contribution is 0.716. The van der Waals surface area contributed by atoms with Crippen LogP contribution in [0.1, 0.15) is 23.9 Å². The summed E-state index contributed by atoms with van der Waals surface area (Å²) in [6, 6.07) is 2.10. The molecule has 18 heavy (non-hydrogen) atoms. The zero-order chi connectivity index (χ0) is 13.1. The highest BCUT2D eigenvalue weighted by Gasteiger charge is 2.10. The number of nitrogens with one attached hydrogen (secondary N) is 1. The van der Waals surface area contributed by atoms with Crippen LogP contribution in [0.4, 0.5) is 0 Å². The van der Waals surface area contributed by atoms with Crippen LogP contribution in [0.15, 0.2) is 23.1 Å². The quantitative estimate of drug-likeness (QED) is 0.944. The number of aryl methyl sites for hydroxylation is 1. The lowest BCUT2D eigenvalue weighted by Crippen LogP contribution is -2.15. The first-order chi connectivity index (χ1) is 8.63. The van der Waals surface area contributed by atoms with Crippen LogP contribution in [0.25, 0.3) is 5.82 Å². The summed E-state index contributed by atoms with van der Waals surface area (Å²) in [6.45, 7) is 7.90. The number of nitrogens with zero attached hydrogens (tertiary/aromatic N) is 3. The molecule has 1 N–H and O–H groups in total. The molecule has 0 aliphatic carbocycles. The van der Waals surface area contributed by atoms with Crippen molar-refractivity contribution in [3.63, 3.8) is 0 Å². The zero-order valence-electron chi connectivity index (χ0n) is 10.9. The van der Waals surface area contributed by atoms with Crippen LogP contribution in [-0.2, 0) is 6.54 Å². The summed E-state index contributed by atoms with van der Waals surface area (Å²) in [5.74, 6) is 0.942. The van der Waals surface area contributed by atoms with E-state index in [1.807, 2.05) is 24.0 Å². The van der Waals surface area contributed by atoms with E-state index < -0.39 is 0 Å². The Balaban J connectivity index is 2.46. The lowest BCUT2D eigenvalue weighted by atomic mass is 10.2. The van der Waals surface area contributed by atoms with Crippen molar-refractivity contribution >= 4 is 15.9 Å². The van der Waals surface area contributed by atoms with E-state index in [4.69, 9.17) is 0 Å². The molecule has 2 aromatic rings. The van der Waals surface area contributed by atoms with E-state index >= 15 is 0 Å². The maximum atomic E-state index is 4.51. The molecule has 0 amide bonds. The minimum absolute atomic E-state index is 0.801. The molecular formula is C13H17BrN4. The van der Waals surface area contributed by atoms with Gasteiger partial charge in [0.2, 0.25) is 0 Å². The number of rotatable bonds is 4. The van der Waals surface area contributed by atoms with E-state index in [9.17, 15) is 0 Å². The number of hydrogen-bond acceptors (Lipinski definition) is 3. The molecule has 0 fully saturated rings. The molecule has 2 rings (SSSR count). The Morgan fingerprint density at radius 1 is 1.33 bits per heavy atom. The van der Waals surface area contributed by atoms with Crippen molar-refractivity contribution in [2.45, 2.75) is 27.3 Å². The molecule has 0 bridgehead atoms. The fourth-order valence-electron chi connectivity index (χ4n) is 1.79. The van der Waals surface area contributed by atoms with Gasteiger partial charge in [-0.3, -0.25) is 4.57 Å². The molecule has 2 heterocycles. The van der Waals surface area contributed by atoms with Crippen LogP contribution in [0, 0.1) is 13.8 Å². The third kappa shape index (κ3) is 2.62. The van der Waals surface area contributed by atoms with Gasteiger partial charge in [0.15, 0.2) is 0 Å². The Kier molecular flexibility index (Phi) is 4.14. The third-order valence-corrected chi connectivity index (χ3v) is 3.39. The van der Waals surface area contributed by atoms with Gasteiger partial charge in [0.1, 0.15) is 12.1 Å². The van der Waals surface area contributed by atoms with Gasteiger partial charge in [-0.25, -0.2) is 9.97 Å². The summed E-state index contributed by atoms with van der Waals surface area (Å²) >= 11 is 3.47. The summed E-state index contributed by atoms with van der Waals surface area (Å²) in [5, 5.41) is 3.33. The highest BCUT2D eigenvalue weighted by molar-refractivity contribution is 9.10. The zero-order valence-corrected chi connectivity index (χ0v) is 12.5. The van der Waals surface area contributed by atoms with Gasteiger partial charge in [-0.1, -0.05) is 6.92 Å². The number of halogens is 1. The van der Waals surface area contributed by atoms with E-state index in [1.165, 1.54) is 0 Å². The van der Waals surface area contributed by atoms with E-state index in [1.54, 1.807) is 0 Å². The fourth-order valence-corrected chi connectivity index (χ4v) is 2.17. The summed E-state index contributed by atoms with van der Waals surface area (Å²) < 4.78 is 3.03. The van der Waals surface area contributed by atoms with Crippen LogP contribution in [-0.4, -0.2) is 21.1 Å². The fraction of sp³-hybridized carbons (Fsp3) is 0.385. The number of pyridine rings is 1. The molecule has 96 valence electrons. The van der Waals surface area contributed by atoms with Crippen molar-refractivity contribution in [2.24, 2.45) is 0 Å². The van der Waals surface area contributed by atoms with Gasteiger partial charge in [-0.15, -0.1) is 0 Å². The molecule has 0 saturated carbocycles. The van der Waals surface area contributed by atoms with Gasteiger partial charge in [0, 0.05) is 28.5 Å². The second kappa shape index (κ2) is 5.63. The molecule has 0 aromatic carbocycles. The van der Waals surface area contributed by atoms with Crippen LogP contribution in [0.5, 0.6) is 0 Å². The first kappa shape index (κ1) is 13.2. The topological polar surface area (TPSA) is 42.7 Å². The molecule has 0 spiro atoms. The van der Waals surface area contributed by atoms with Gasteiger partial charge >= 0.3 is 0 Å². The van der Waals surface area contributed by atoms with E-state index in [-0.39, 0.29) is 0 Å². The average molecular weight is 309 g/mol. The Bertz CT molecular complexity index is 548. The molecule has 0 atom stereocenters. The van der Waals surface area contributed by atoms with Crippen molar-refractivity contribution in [1.82, 2.24) is 19.9 Å². The maximum Gasteiger partial charge on any atom is 0.142 e. The lowest BCUT2D eigenvalue weighted by Gasteiger charge is -2.11. The molecule has 5 heteroatoms. The monoisotopic (exact) mass is 308 g/mol. The van der Waals surface area contributed by atoms with Crippen molar-refractivity contribution in [1.29, 1.82) is 0 Å². The smallest absolute Gasteiger partial charge is 0.142 e. The van der Waals surface area contributed by atoms with Crippen molar-refractivity contribution in [3.8, 4) is 5.82 Å². The molecule has 0 aliphatic rings. The van der Waals surface area contributed by atoms with Gasteiger partial charge in [0.25, 0.3) is 0 Å². The standard InChI is InChI=1S/C13H17BrN4/c1-4-15-6-11-5-12(14)7-16-13(11)18-8-17-9(2)10(18)3/h5,7-8,15H,4,6H2,1-3H3. The molecule has 0 radical (unpaired) electrons. The predicted molar refractivity (Wildman–Crippen MR) is 75.9 cm³/mol. The Hall–Kier alpha value is -1.20. The molecule has 4 nitrogen and oxygen atoms in total. The molecular weight excluding hydrogens is 292 g/mol. The van der Waals surface area contributed by atoms with E-state index in [2.05, 4.69) is 51.1 Å².